The van der Waals surface area contributed by atoms with E-state index in [0.29, 0.717) is 11.5 Å². The molecule has 4 heterocycles. The Morgan fingerprint density at radius 1 is 0.514 bits per heavy atom. The molecule has 6 nitrogen and oxygen atoms in total. The topological polar surface area (TPSA) is 38.5 Å². The zero-order chi connectivity index (χ0) is 47.0. The Labute approximate surface area is 424 Å². The van der Waals surface area contributed by atoms with Crippen molar-refractivity contribution in [2.75, 3.05) is 9.80 Å². The van der Waals surface area contributed by atoms with Crippen LogP contribution in [0, 0.1) is 39.6 Å². The Morgan fingerprint density at radius 2 is 1.13 bits per heavy atom. The molecule has 8 aromatic carbocycles. The maximum atomic E-state index is 6.84. The third kappa shape index (κ3) is 7.68. The Balaban J connectivity index is 0.00000533. The van der Waals surface area contributed by atoms with E-state index in [1.165, 1.54) is 33.0 Å². The van der Waals surface area contributed by atoms with Crippen LogP contribution in [0.1, 0.15) is 54.2 Å². The van der Waals surface area contributed by atoms with E-state index in [4.69, 9.17) is 9.72 Å². The van der Waals surface area contributed by atoms with Gasteiger partial charge in [0.05, 0.1) is 11.0 Å². The van der Waals surface area contributed by atoms with E-state index in [0.717, 1.165) is 78.2 Å². The van der Waals surface area contributed by atoms with Gasteiger partial charge in [-0.1, -0.05) is 147 Å². The maximum absolute atomic E-state index is 6.84. The van der Waals surface area contributed by atoms with E-state index in [-0.39, 0.29) is 26.5 Å². The summed E-state index contributed by atoms with van der Waals surface area (Å²) in [6.07, 6.45) is 1.92. The number of aryl methyl sites for hydroxylation is 3. The summed E-state index contributed by atoms with van der Waals surface area (Å²) in [5.41, 5.74) is 16.5. The van der Waals surface area contributed by atoms with Crippen LogP contribution in [0.2, 0.25) is 0 Å². The van der Waals surface area contributed by atoms with Gasteiger partial charge in [-0.25, -0.2) is 4.98 Å². The van der Waals surface area contributed by atoms with Crippen LogP contribution >= 0.6 is 0 Å². The quantitative estimate of drug-likeness (QED) is 0.142. The van der Waals surface area contributed by atoms with Gasteiger partial charge in [0.15, 0.2) is 0 Å². The second kappa shape index (κ2) is 17.7. The van der Waals surface area contributed by atoms with E-state index >= 15 is 0 Å². The van der Waals surface area contributed by atoms with Crippen molar-refractivity contribution in [1.82, 2.24) is 14.1 Å². The van der Waals surface area contributed by atoms with Crippen molar-refractivity contribution in [3.05, 3.63) is 240 Å². The van der Waals surface area contributed by atoms with Gasteiger partial charge in [0.2, 0.25) is 0 Å². The molecule has 346 valence electrons. The number of nitrogens with zero attached hydrogens (tertiary/aromatic N) is 5. The Kier molecular flexibility index (Phi) is 11.3. The smallest absolute Gasteiger partial charge is 0.135 e. The molecule has 0 fully saturated rings. The number of aromatic nitrogens is 3. The largest absolute Gasteiger partial charge is 0.509 e. The van der Waals surface area contributed by atoms with Gasteiger partial charge < -0.3 is 23.7 Å². The van der Waals surface area contributed by atoms with Crippen LogP contribution in [-0.4, -0.2) is 14.1 Å². The second-order valence-electron chi connectivity index (χ2n) is 19.2. The van der Waals surface area contributed by atoms with Crippen molar-refractivity contribution in [2.45, 2.75) is 47.0 Å². The van der Waals surface area contributed by atoms with Crippen LogP contribution in [0.25, 0.3) is 66.5 Å². The second-order valence-corrected chi connectivity index (χ2v) is 19.2. The minimum Gasteiger partial charge on any atom is -0.509 e. The van der Waals surface area contributed by atoms with Crippen molar-refractivity contribution in [1.29, 1.82) is 0 Å². The molecule has 0 N–H and O–H groups in total. The van der Waals surface area contributed by atoms with E-state index in [1.807, 2.05) is 24.4 Å². The summed E-state index contributed by atoms with van der Waals surface area (Å²) in [5.74, 6) is 1.99. The molecule has 11 aromatic rings. The zero-order valence-electron chi connectivity index (χ0n) is 39.9. The molecule has 1 aliphatic heterocycles. The number of pyridine rings is 1. The molecular weight excluding hydrogens is 1040 g/mol. The van der Waals surface area contributed by atoms with Gasteiger partial charge in [0.25, 0.3) is 0 Å². The fraction of sp³-hybridized carbons (Fsp3) is 0.111. The number of rotatable bonds is 8. The number of anilines is 2. The molecular formula is C63H50N5OPt-3. The Hall–Kier alpha value is -7.66. The summed E-state index contributed by atoms with van der Waals surface area (Å²) >= 11 is 0. The number of hydrogen-bond donors (Lipinski definition) is 0. The normalized spacial score (nSPS) is 13.0. The molecule has 0 saturated carbocycles. The molecule has 7 heteroatoms. The number of para-hydroxylation sites is 2. The first-order valence-electron chi connectivity index (χ1n) is 23.6. The zero-order valence-corrected chi connectivity index (χ0v) is 42.2. The average Bonchev–Trinajstić information content (AvgIpc) is 4.01. The van der Waals surface area contributed by atoms with Crippen LogP contribution < -0.4 is 14.5 Å². The average molecular weight is 1090 g/mol. The molecule has 0 bridgehead atoms. The molecule has 70 heavy (non-hydrogen) atoms. The van der Waals surface area contributed by atoms with Gasteiger partial charge in [-0.05, 0) is 95.8 Å². The predicted molar refractivity (Wildman–Crippen MR) is 285 cm³/mol. The number of ether oxygens (including phenoxy) is 1. The van der Waals surface area contributed by atoms with Crippen LogP contribution in [-0.2, 0) is 26.5 Å². The van der Waals surface area contributed by atoms with E-state index in [1.54, 1.807) is 0 Å². The van der Waals surface area contributed by atoms with Gasteiger partial charge >= 0.3 is 0 Å². The summed E-state index contributed by atoms with van der Waals surface area (Å²) < 4.78 is 11.5. The van der Waals surface area contributed by atoms with Gasteiger partial charge in [-0.2, -0.15) is 12.1 Å². The summed E-state index contributed by atoms with van der Waals surface area (Å²) in [7, 11) is 0. The predicted octanol–water partition coefficient (Wildman–Crippen LogP) is 15.9. The van der Waals surface area contributed by atoms with E-state index < -0.39 is 0 Å². The minimum atomic E-state index is -0.0820. The van der Waals surface area contributed by atoms with Crippen molar-refractivity contribution in [3.8, 4) is 23.0 Å². The maximum Gasteiger partial charge on any atom is 0.135 e. The van der Waals surface area contributed by atoms with E-state index in [9.17, 15) is 0 Å². The van der Waals surface area contributed by atoms with Crippen molar-refractivity contribution < 1.29 is 25.8 Å². The molecule has 0 atom stereocenters. The van der Waals surface area contributed by atoms with Crippen LogP contribution in [0.3, 0.4) is 0 Å². The van der Waals surface area contributed by atoms with Gasteiger partial charge in [0, 0.05) is 77.8 Å². The third-order valence-electron chi connectivity index (χ3n) is 13.4. The SMILES string of the molecule is Cc1cc(C)c(N2[CH-]N(c3[c-]c(Oc4[c-]c5c(cc4)c4cc6c7ccccc7n(-c7ccccc7)c6cc4n5-c4cc(C(C)(C)C)ccn4)ccc3)C(c3ccccc3)=C2c2ccccc2)c(C)c1.[Pt]. The first kappa shape index (κ1) is 44.8. The van der Waals surface area contributed by atoms with Gasteiger partial charge in [0.1, 0.15) is 5.82 Å². The third-order valence-corrected chi connectivity index (χ3v) is 13.4. The number of hydrogen-bond acceptors (Lipinski definition) is 4. The summed E-state index contributed by atoms with van der Waals surface area (Å²) in [6.45, 7) is 15.5. The van der Waals surface area contributed by atoms with Crippen LogP contribution in [0.15, 0.2) is 188 Å². The van der Waals surface area contributed by atoms with Crippen molar-refractivity contribution in [3.63, 3.8) is 0 Å². The van der Waals surface area contributed by atoms with Crippen molar-refractivity contribution in [2.24, 2.45) is 0 Å². The molecule has 0 spiro atoms. The fourth-order valence-corrected chi connectivity index (χ4v) is 10.4. The Morgan fingerprint density at radius 3 is 1.83 bits per heavy atom. The standard InChI is InChI=1S/C63H50N5O.Pt/c1-41-33-42(2)60(43(3)34-41)66-40-65(61(44-19-10-7-11-20-44)62(66)45-21-12-8-13-22-45)48-25-18-26-49(36-48)69-50-29-30-52-54-38-53-51-27-16-17-28-55(51)67(47-23-14-9-15-24-47)57(53)39-58(54)68(56(52)37-50)59-35-46(31-32-64-59)63(4,5)6;/h7-35,38-40H,1-6H3;/q-3;. The summed E-state index contributed by atoms with van der Waals surface area (Å²) in [4.78, 5) is 9.64. The monoisotopic (exact) mass is 1090 g/mol. The molecule has 0 amide bonds. The minimum absolute atomic E-state index is 0. The molecule has 0 aliphatic carbocycles. The number of benzene rings is 8. The molecule has 1 aliphatic rings. The van der Waals surface area contributed by atoms with Gasteiger partial charge in [-0.3, -0.25) is 0 Å². The van der Waals surface area contributed by atoms with Gasteiger partial charge in [-0.15, -0.1) is 48.1 Å². The molecule has 0 saturated heterocycles. The summed E-state index contributed by atoms with van der Waals surface area (Å²) in [6, 6.07) is 71.9. The molecule has 3 aromatic heterocycles. The first-order chi connectivity index (χ1) is 33.6. The molecule has 0 unspecified atom stereocenters. The van der Waals surface area contributed by atoms with Crippen LogP contribution in [0.5, 0.6) is 11.5 Å². The first-order valence-corrected chi connectivity index (χ1v) is 23.6. The van der Waals surface area contributed by atoms with Crippen LogP contribution in [0.4, 0.5) is 11.4 Å². The number of fused-ring (bicyclic) bond motifs is 6. The van der Waals surface area contributed by atoms with Crippen molar-refractivity contribution >= 4 is 66.4 Å². The summed E-state index contributed by atoms with van der Waals surface area (Å²) in [5, 5.41) is 4.58. The molecule has 12 rings (SSSR count). The fourth-order valence-electron chi connectivity index (χ4n) is 10.4. The molecule has 0 radical (unpaired) electrons. The Bertz CT molecular complexity index is 3790. The van der Waals surface area contributed by atoms with E-state index in [2.05, 4.69) is 243 Å².